The maximum atomic E-state index is 12.6. The number of carbonyl (C=O) groups is 1. The quantitative estimate of drug-likeness (QED) is 0.767. The van der Waals surface area contributed by atoms with Crippen LogP contribution in [0.1, 0.15) is 25.7 Å². The molecule has 2 aliphatic heterocycles. The van der Waals surface area contributed by atoms with E-state index in [2.05, 4.69) is 10.6 Å². The molecule has 0 bridgehead atoms. The van der Waals surface area contributed by atoms with Gasteiger partial charge < -0.3 is 25.8 Å². The van der Waals surface area contributed by atoms with Crippen LogP contribution in [0.4, 0.5) is 11.4 Å². The van der Waals surface area contributed by atoms with Crippen LogP contribution in [0, 0.1) is 5.41 Å². The van der Waals surface area contributed by atoms with E-state index >= 15 is 0 Å². The predicted molar refractivity (Wildman–Crippen MR) is 94.1 cm³/mol. The Hall–Kier alpha value is -1.63. The molecule has 6 heteroatoms. The second-order valence-electron chi connectivity index (χ2n) is 6.66. The van der Waals surface area contributed by atoms with Gasteiger partial charge in [0.05, 0.1) is 5.41 Å². The van der Waals surface area contributed by atoms with Crippen LogP contribution < -0.4 is 16.4 Å². The molecule has 2 heterocycles. The summed E-state index contributed by atoms with van der Waals surface area (Å²) in [5.41, 5.74) is 7.25. The lowest BCUT2D eigenvalue weighted by atomic mass is 9.79. The van der Waals surface area contributed by atoms with E-state index in [1.165, 1.54) is 0 Å². The molecule has 0 spiro atoms. The third kappa shape index (κ3) is 4.06. The fourth-order valence-corrected chi connectivity index (χ4v) is 3.28. The Morgan fingerprint density at radius 2 is 1.62 bits per heavy atom. The summed E-state index contributed by atoms with van der Waals surface area (Å²) < 4.78 is 10.7. The van der Waals surface area contributed by atoms with Crippen LogP contribution in [0.25, 0.3) is 0 Å². The molecule has 1 aromatic carbocycles. The van der Waals surface area contributed by atoms with Gasteiger partial charge in [-0.05, 0) is 49.9 Å². The van der Waals surface area contributed by atoms with Gasteiger partial charge in [-0.2, -0.15) is 0 Å². The Morgan fingerprint density at radius 1 is 1.04 bits per heavy atom. The lowest BCUT2D eigenvalue weighted by Crippen LogP contribution is -2.46. The van der Waals surface area contributed by atoms with E-state index in [1.807, 2.05) is 24.3 Å². The molecule has 0 aliphatic carbocycles. The number of amides is 1. The first-order valence-electron chi connectivity index (χ1n) is 8.75. The van der Waals surface area contributed by atoms with Gasteiger partial charge in [-0.25, -0.2) is 0 Å². The van der Waals surface area contributed by atoms with Crippen molar-refractivity contribution in [1.29, 1.82) is 0 Å². The van der Waals surface area contributed by atoms with Crippen LogP contribution in [0.2, 0.25) is 0 Å². The molecule has 2 fully saturated rings. The summed E-state index contributed by atoms with van der Waals surface area (Å²) in [5.74, 6) is -0.00145. The van der Waals surface area contributed by atoms with Crippen molar-refractivity contribution in [2.45, 2.75) is 31.7 Å². The summed E-state index contributed by atoms with van der Waals surface area (Å²) in [6.07, 6.45) is 3.41. The van der Waals surface area contributed by atoms with Crippen LogP contribution in [0.5, 0.6) is 0 Å². The van der Waals surface area contributed by atoms with E-state index < -0.39 is 5.41 Å². The molecule has 0 aromatic heterocycles. The standard InChI is InChI=1S/C18H27N3O3/c19-13-18(7-11-24-12-8-18)17(22)21-15-3-1-14(2-4-15)20-16-5-9-23-10-6-16/h1-4,16,20H,5-13,19H2,(H,21,22). The van der Waals surface area contributed by atoms with Gasteiger partial charge in [0.15, 0.2) is 0 Å². The maximum Gasteiger partial charge on any atom is 0.232 e. The molecule has 1 aromatic rings. The Bertz CT molecular complexity index is 535. The number of benzene rings is 1. The van der Waals surface area contributed by atoms with Crippen LogP contribution in [-0.4, -0.2) is 44.9 Å². The molecule has 0 saturated carbocycles. The molecule has 0 atom stereocenters. The van der Waals surface area contributed by atoms with Crippen molar-refractivity contribution in [1.82, 2.24) is 0 Å². The van der Waals surface area contributed by atoms with Gasteiger partial charge in [0.25, 0.3) is 0 Å². The van der Waals surface area contributed by atoms with Crippen LogP contribution >= 0.6 is 0 Å². The minimum Gasteiger partial charge on any atom is -0.382 e. The molecule has 132 valence electrons. The number of rotatable bonds is 5. The highest BCUT2D eigenvalue weighted by Crippen LogP contribution is 2.31. The van der Waals surface area contributed by atoms with Crippen molar-refractivity contribution in [3.05, 3.63) is 24.3 Å². The van der Waals surface area contributed by atoms with Crippen molar-refractivity contribution < 1.29 is 14.3 Å². The normalized spacial score (nSPS) is 21.2. The number of nitrogens with two attached hydrogens (primary N) is 1. The SMILES string of the molecule is NCC1(C(=O)Nc2ccc(NC3CCOCC3)cc2)CCOCC1. The Labute approximate surface area is 143 Å². The van der Waals surface area contributed by atoms with Gasteiger partial charge in [0.1, 0.15) is 0 Å². The van der Waals surface area contributed by atoms with Gasteiger partial charge in [-0.3, -0.25) is 4.79 Å². The Morgan fingerprint density at radius 3 is 2.25 bits per heavy atom. The summed E-state index contributed by atoms with van der Waals surface area (Å²) in [7, 11) is 0. The number of hydrogen-bond acceptors (Lipinski definition) is 5. The summed E-state index contributed by atoms with van der Waals surface area (Å²) in [6.45, 7) is 3.18. The number of anilines is 2. The van der Waals surface area contributed by atoms with Gasteiger partial charge in [0.2, 0.25) is 5.91 Å². The molecule has 3 rings (SSSR count). The molecular formula is C18H27N3O3. The average Bonchev–Trinajstić information content (AvgIpc) is 2.64. The first-order chi connectivity index (χ1) is 11.7. The van der Waals surface area contributed by atoms with Gasteiger partial charge in [-0.15, -0.1) is 0 Å². The fourth-order valence-electron chi connectivity index (χ4n) is 3.28. The lowest BCUT2D eigenvalue weighted by Gasteiger charge is -2.34. The molecule has 0 unspecified atom stereocenters. The molecule has 2 aliphatic rings. The highest BCUT2D eigenvalue weighted by molar-refractivity contribution is 5.95. The van der Waals surface area contributed by atoms with Crippen molar-refractivity contribution >= 4 is 17.3 Å². The Balaban J connectivity index is 1.57. The number of carbonyl (C=O) groups excluding carboxylic acids is 1. The van der Waals surface area contributed by atoms with Crippen molar-refractivity contribution in [3.63, 3.8) is 0 Å². The summed E-state index contributed by atoms with van der Waals surface area (Å²) in [5, 5.41) is 6.53. The highest BCUT2D eigenvalue weighted by atomic mass is 16.5. The molecular weight excluding hydrogens is 306 g/mol. The average molecular weight is 333 g/mol. The number of hydrogen-bond donors (Lipinski definition) is 3. The van der Waals surface area contributed by atoms with Gasteiger partial charge >= 0.3 is 0 Å². The molecule has 6 nitrogen and oxygen atoms in total. The molecule has 0 radical (unpaired) electrons. The summed E-state index contributed by atoms with van der Waals surface area (Å²) >= 11 is 0. The maximum absolute atomic E-state index is 12.6. The van der Waals surface area contributed by atoms with E-state index in [1.54, 1.807) is 0 Å². The van der Waals surface area contributed by atoms with E-state index in [-0.39, 0.29) is 5.91 Å². The molecule has 24 heavy (non-hydrogen) atoms. The summed E-state index contributed by atoms with van der Waals surface area (Å²) in [4.78, 5) is 12.6. The lowest BCUT2D eigenvalue weighted by molar-refractivity contribution is -0.130. The Kier molecular flexibility index (Phi) is 5.71. The molecule has 1 amide bonds. The number of nitrogens with one attached hydrogen (secondary N) is 2. The van der Waals surface area contributed by atoms with Crippen molar-refractivity contribution in [3.8, 4) is 0 Å². The van der Waals surface area contributed by atoms with Gasteiger partial charge in [0, 0.05) is 50.4 Å². The smallest absolute Gasteiger partial charge is 0.232 e. The topological polar surface area (TPSA) is 85.6 Å². The minimum absolute atomic E-state index is 0.00145. The third-order valence-corrected chi connectivity index (χ3v) is 5.06. The van der Waals surface area contributed by atoms with Gasteiger partial charge in [-0.1, -0.05) is 0 Å². The van der Waals surface area contributed by atoms with E-state index in [0.717, 1.165) is 37.4 Å². The predicted octanol–water partition coefficient (Wildman–Crippen LogP) is 1.97. The highest BCUT2D eigenvalue weighted by Gasteiger charge is 2.38. The van der Waals surface area contributed by atoms with Crippen LogP contribution in [0.3, 0.4) is 0 Å². The van der Waals surface area contributed by atoms with Crippen LogP contribution in [-0.2, 0) is 14.3 Å². The second-order valence-corrected chi connectivity index (χ2v) is 6.66. The largest absolute Gasteiger partial charge is 0.382 e. The van der Waals surface area contributed by atoms with E-state index in [9.17, 15) is 4.79 Å². The van der Waals surface area contributed by atoms with E-state index in [0.29, 0.717) is 38.6 Å². The zero-order valence-corrected chi connectivity index (χ0v) is 14.1. The van der Waals surface area contributed by atoms with Crippen LogP contribution in [0.15, 0.2) is 24.3 Å². The fraction of sp³-hybridized carbons (Fsp3) is 0.611. The van der Waals surface area contributed by atoms with Crippen molar-refractivity contribution in [2.24, 2.45) is 11.1 Å². The zero-order valence-electron chi connectivity index (χ0n) is 14.1. The van der Waals surface area contributed by atoms with Crippen molar-refractivity contribution in [2.75, 3.05) is 43.6 Å². The minimum atomic E-state index is -0.503. The molecule has 2 saturated heterocycles. The number of ether oxygens (including phenoxy) is 2. The monoisotopic (exact) mass is 333 g/mol. The third-order valence-electron chi connectivity index (χ3n) is 5.06. The zero-order chi connectivity index (χ0) is 16.8. The second kappa shape index (κ2) is 7.96. The van der Waals surface area contributed by atoms with E-state index in [4.69, 9.17) is 15.2 Å². The summed E-state index contributed by atoms with van der Waals surface area (Å²) in [6, 6.07) is 8.34. The molecule has 4 N–H and O–H groups in total. The first kappa shape index (κ1) is 17.2. The first-order valence-corrected chi connectivity index (χ1v) is 8.75.